The number of halogens is 1. The molecule has 0 saturated heterocycles. The number of hydrogen-bond donors (Lipinski definition) is 2. The van der Waals surface area contributed by atoms with Crippen LogP contribution in [0.15, 0.2) is 58.5 Å². The Hall–Kier alpha value is -1.42. The number of rotatable bonds is 3. The molecule has 0 fully saturated rings. The van der Waals surface area contributed by atoms with Gasteiger partial charge in [-0.3, -0.25) is 0 Å². The minimum absolute atomic E-state index is 0.0316. The number of hydrogen-bond acceptors (Lipinski definition) is 2. The number of nitrogens with one attached hydrogen (secondary N) is 1. The Balaban J connectivity index is 1.90. The molecule has 3 rings (SSSR count). The number of aliphatic hydroxyl groups excluding tert-OH is 1. The molecule has 0 bridgehead atoms. The summed E-state index contributed by atoms with van der Waals surface area (Å²) in [5.74, 6) is 0. The zero-order valence-electron chi connectivity index (χ0n) is 10.1. The molecule has 0 radical (unpaired) electrons. The second-order valence-electron chi connectivity index (χ2n) is 4.23. The van der Waals surface area contributed by atoms with E-state index >= 15 is 0 Å². The first-order valence-corrected chi connectivity index (χ1v) is 7.10. The molecule has 0 amide bonds. The third kappa shape index (κ3) is 2.63. The molecule has 0 aliphatic heterocycles. The van der Waals surface area contributed by atoms with Crippen molar-refractivity contribution >= 4 is 34.3 Å². The first-order valence-electron chi connectivity index (χ1n) is 5.91. The molecule has 3 aromatic rings. The second kappa shape index (κ2) is 5.29. The van der Waals surface area contributed by atoms with Gasteiger partial charge in [0.05, 0.1) is 11.6 Å². The minimum atomic E-state index is -0.0316. The fourth-order valence-electron chi connectivity index (χ4n) is 1.95. The van der Waals surface area contributed by atoms with E-state index in [1.54, 1.807) is 11.8 Å². The molecule has 0 atom stereocenters. The highest BCUT2D eigenvalue weighted by atomic mass is 35.5. The maximum atomic E-state index is 9.10. The first kappa shape index (κ1) is 12.6. The highest BCUT2D eigenvalue weighted by Gasteiger charge is 2.05. The van der Waals surface area contributed by atoms with E-state index in [1.165, 1.54) is 5.39 Å². The minimum Gasteiger partial charge on any atom is -0.392 e. The van der Waals surface area contributed by atoms with Gasteiger partial charge >= 0.3 is 0 Å². The lowest BCUT2D eigenvalue weighted by atomic mass is 10.2. The molecule has 2 nitrogen and oxygen atoms in total. The molecule has 1 heterocycles. The monoisotopic (exact) mass is 289 g/mol. The highest BCUT2D eigenvalue weighted by Crippen LogP contribution is 2.32. The number of aliphatic hydroxyl groups is 1. The standard InChI is InChI=1S/C15H12ClNOS/c16-13-8-12(6-5-11(13)9-18)19-15-7-10-3-1-2-4-14(10)17-15/h1-8,17-18H,9H2. The summed E-state index contributed by atoms with van der Waals surface area (Å²) in [7, 11) is 0. The molecule has 96 valence electrons. The summed E-state index contributed by atoms with van der Waals surface area (Å²) in [5.41, 5.74) is 1.88. The number of aromatic amines is 1. The summed E-state index contributed by atoms with van der Waals surface area (Å²) in [4.78, 5) is 4.41. The van der Waals surface area contributed by atoms with Crippen LogP contribution in [-0.4, -0.2) is 10.1 Å². The topological polar surface area (TPSA) is 36.0 Å². The van der Waals surface area contributed by atoms with Crippen LogP contribution >= 0.6 is 23.4 Å². The van der Waals surface area contributed by atoms with Crippen LogP contribution in [0.4, 0.5) is 0 Å². The largest absolute Gasteiger partial charge is 0.392 e. The van der Waals surface area contributed by atoms with Crippen LogP contribution in [0.2, 0.25) is 5.02 Å². The zero-order valence-corrected chi connectivity index (χ0v) is 11.6. The van der Waals surface area contributed by atoms with Gasteiger partial charge < -0.3 is 10.1 Å². The van der Waals surface area contributed by atoms with Crippen LogP contribution in [0.25, 0.3) is 10.9 Å². The van der Waals surface area contributed by atoms with Crippen LogP contribution in [0.3, 0.4) is 0 Å². The highest BCUT2D eigenvalue weighted by molar-refractivity contribution is 7.99. The molecule has 1 aromatic heterocycles. The average Bonchev–Trinajstić information content (AvgIpc) is 2.81. The lowest BCUT2D eigenvalue weighted by Crippen LogP contribution is -1.84. The average molecular weight is 290 g/mol. The number of H-pyrrole nitrogens is 1. The third-order valence-electron chi connectivity index (χ3n) is 2.93. The summed E-state index contributed by atoms with van der Waals surface area (Å²) in [5, 5.41) is 12.0. The predicted molar refractivity (Wildman–Crippen MR) is 79.8 cm³/mol. The number of fused-ring (bicyclic) bond motifs is 1. The summed E-state index contributed by atoms with van der Waals surface area (Å²) in [6, 6.07) is 16.0. The summed E-state index contributed by atoms with van der Waals surface area (Å²) in [6.45, 7) is -0.0316. The van der Waals surface area contributed by atoms with Crippen LogP contribution in [0, 0.1) is 0 Å². The van der Waals surface area contributed by atoms with Crippen molar-refractivity contribution in [3.05, 3.63) is 59.1 Å². The van der Waals surface area contributed by atoms with Crippen LogP contribution in [-0.2, 0) is 6.61 Å². The molecule has 2 N–H and O–H groups in total. The van der Waals surface area contributed by atoms with E-state index in [0.29, 0.717) is 5.02 Å². The number of benzene rings is 2. The van der Waals surface area contributed by atoms with Gasteiger partial charge in [-0.2, -0.15) is 0 Å². The second-order valence-corrected chi connectivity index (χ2v) is 5.76. The van der Waals surface area contributed by atoms with Crippen LogP contribution in [0.5, 0.6) is 0 Å². The Morgan fingerprint density at radius 1 is 1.11 bits per heavy atom. The normalized spacial score (nSPS) is 11.1. The smallest absolute Gasteiger partial charge is 0.0780 e. The molecule has 0 aliphatic carbocycles. The van der Waals surface area contributed by atoms with E-state index in [1.807, 2.05) is 30.3 Å². The van der Waals surface area contributed by atoms with E-state index in [2.05, 4.69) is 23.2 Å². The van der Waals surface area contributed by atoms with Crippen molar-refractivity contribution in [2.45, 2.75) is 16.5 Å². The van der Waals surface area contributed by atoms with Gasteiger partial charge in [0, 0.05) is 20.8 Å². The molecule has 0 spiro atoms. The van der Waals surface area contributed by atoms with Crippen molar-refractivity contribution in [3.8, 4) is 0 Å². The molecule has 19 heavy (non-hydrogen) atoms. The zero-order chi connectivity index (χ0) is 13.2. The summed E-state index contributed by atoms with van der Waals surface area (Å²) < 4.78 is 0. The van der Waals surface area contributed by atoms with Crippen molar-refractivity contribution < 1.29 is 5.11 Å². The molecule has 0 saturated carbocycles. The van der Waals surface area contributed by atoms with Crippen molar-refractivity contribution in [2.24, 2.45) is 0 Å². The van der Waals surface area contributed by atoms with Crippen molar-refractivity contribution in [2.75, 3.05) is 0 Å². The lowest BCUT2D eigenvalue weighted by molar-refractivity contribution is 0.282. The van der Waals surface area contributed by atoms with Crippen LogP contribution in [0.1, 0.15) is 5.56 Å². The number of aromatic nitrogens is 1. The maximum absolute atomic E-state index is 9.10. The Morgan fingerprint density at radius 3 is 2.68 bits per heavy atom. The molecule has 4 heteroatoms. The summed E-state index contributed by atoms with van der Waals surface area (Å²) in [6.07, 6.45) is 0. The first-order chi connectivity index (χ1) is 9.26. The van der Waals surface area contributed by atoms with Crippen molar-refractivity contribution in [1.29, 1.82) is 0 Å². The Bertz CT molecular complexity index is 690. The Labute approximate surface area is 120 Å². The molecular weight excluding hydrogens is 278 g/mol. The van der Waals surface area contributed by atoms with E-state index in [9.17, 15) is 0 Å². The van der Waals surface area contributed by atoms with Gasteiger partial charge in [0.15, 0.2) is 0 Å². The van der Waals surface area contributed by atoms with E-state index in [0.717, 1.165) is 21.0 Å². The van der Waals surface area contributed by atoms with Gasteiger partial charge in [0.25, 0.3) is 0 Å². The van der Waals surface area contributed by atoms with Crippen LogP contribution < -0.4 is 0 Å². The number of para-hydroxylation sites is 1. The van der Waals surface area contributed by atoms with Gasteiger partial charge in [0.2, 0.25) is 0 Å². The summed E-state index contributed by atoms with van der Waals surface area (Å²) >= 11 is 7.72. The van der Waals surface area contributed by atoms with Gasteiger partial charge in [-0.25, -0.2) is 0 Å². The van der Waals surface area contributed by atoms with Gasteiger partial charge in [0.1, 0.15) is 0 Å². The molecular formula is C15H12ClNOS. The van der Waals surface area contributed by atoms with E-state index in [-0.39, 0.29) is 6.61 Å². The fraction of sp³-hybridized carbons (Fsp3) is 0.0667. The third-order valence-corrected chi connectivity index (χ3v) is 4.21. The SMILES string of the molecule is OCc1ccc(Sc2cc3ccccc3[nH]2)cc1Cl. The van der Waals surface area contributed by atoms with Gasteiger partial charge in [-0.05, 0) is 29.8 Å². The molecule has 0 aliphatic rings. The fourth-order valence-corrected chi connectivity index (χ4v) is 3.17. The van der Waals surface area contributed by atoms with E-state index in [4.69, 9.17) is 16.7 Å². The Kier molecular flexibility index (Phi) is 3.51. The predicted octanol–water partition coefficient (Wildman–Crippen LogP) is 4.46. The van der Waals surface area contributed by atoms with Crippen molar-refractivity contribution in [3.63, 3.8) is 0 Å². The lowest BCUT2D eigenvalue weighted by Gasteiger charge is -2.03. The quantitative estimate of drug-likeness (QED) is 0.746. The van der Waals surface area contributed by atoms with E-state index < -0.39 is 0 Å². The molecule has 2 aromatic carbocycles. The van der Waals surface area contributed by atoms with Gasteiger partial charge in [-0.15, -0.1) is 0 Å². The Morgan fingerprint density at radius 2 is 1.95 bits per heavy atom. The maximum Gasteiger partial charge on any atom is 0.0780 e. The van der Waals surface area contributed by atoms with Gasteiger partial charge in [-0.1, -0.05) is 47.6 Å². The van der Waals surface area contributed by atoms with Crippen molar-refractivity contribution in [1.82, 2.24) is 4.98 Å². The molecule has 0 unspecified atom stereocenters.